The average molecular weight is 1380 g/mol. The molecular formula is C91H178O5S. The van der Waals surface area contributed by atoms with Crippen LogP contribution >= 0.6 is 11.8 Å². The number of unbranched alkanes of at least 4 members (excludes halogenated alkanes) is 64. The highest BCUT2D eigenvalue weighted by Crippen LogP contribution is 2.49. The average Bonchev–Trinajstić information content (AvgIpc) is 1.70. The summed E-state index contributed by atoms with van der Waals surface area (Å²) in [5, 5.41) is 11.2. The van der Waals surface area contributed by atoms with E-state index in [4.69, 9.17) is 9.47 Å². The van der Waals surface area contributed by atoms with Gasteiger partial charge in [0.1, 0.15) is 0 Å². The zero-order valence-electron chi connectivity index (χ0n) is 67.3. The van der Waals surface area contributed by atoms with Crippen LogP contribution in [-0.2, 0) is 19.1 Å². The van der Waals surface area contributed by atoms with Crippen molar-refractivity contribution in [3.63, 3.8) is 0 Å². The van der Waals surface area contributed by atoms with E-state index >= 15 is 0 Å². The molecule has 0 aromatic rings. The third kappa shape index (κ3) is 67.1. The summed E-state index contributed by atoms with van der Waals surface area (Å²) in [6, 6.07) is 0. The van der Waals surface area contributed by atoms with Crippen molar-refractivity contribution >= 4 is 22.8 Å². The lowest BCUT2D eigenvalue weighted by Crippen LogP contribution is -2.29. The second-order valence-electron chi connectivity index (χ2n) is 32.8. The molecule has 578 valence electrons. The normalized spacial score (nSPS) is 15.5. The maximum atomic E-state index is 12.6. The van der Waals surface area contributed by atoms with Crippen LogP contribution in [0, 0.1) is 29.6 Å². The third-order valence-corrected chi connectivity index (χ3v) is 24.5. The van der Waals surface area contributed by atoms with Gasteiger partial charge < -0.3 is 14.6 Å². The van der Waals surface area contributed by atoms with E-state index in [0.717, 1.165) is 62.0 Å². The number of carbonyl (C=O) groups is 2. The van der Waals surface area contributed by atoms with Crippen LogP contribution < -0.4 is 0 Å². The van der Waals surface area contributed by atoms with Crippen molar-refractivity contribution < 1.29 is 24.2 Å². The predicted molar refractivity (Wildman–Crippen MR) is 433 cm³/mol. The molecule has 0 aromatic heterocycles. The van der Waals surface area contributed by atoms with E-state index in [2.05, 4.69) is 20.8 Å². The van der Waals surface area contributed by atoms with Crippen LogP contribution in [0.15, 0.2) is 0 Å². The summed E-state index contributed by atoms with van der Waals surface area (Å²) < 4.78 is 11.1. The number of carbonyl (C=O) groups excluding carboxylic acids is 2. The Morgan fingerprint density at radius 1 is 0.351 bits per heavy atom. The first kappa shape index (κ1) is 94.4. The maximum Gasteiger partial charge on any atom is 0.311 e. The summed E-state index contributed by atoms with van der Waals surface area (Å²) in [5.74, 6) is 4.24. The minimum absolute atomic E-state index is 0.216. The lowest BCUT2D eigenvalue weighted by atomic mass is 9.91. The molecule has 0 bridgehead atoms. The van der Waals surface area contributed by atoms with Crippen molar-refractivity contribution in [3.8, 4) is 0 Å². The summed E-state index contributed by atoms with van der Waals surface area (Å²) in [7, 11) is 3.44. The Morgan fingerprint density at radius 3 is 0.928 bits per heavy atom. The van der Waals surface area contributed by atoms with Crippen molar-refractivity contribution in [1.82, 2.24) is 0 Å². The molecule has 0 radical (unpaired) electrons. The van der Waals surface area contributed by atoms with E-state index in [-0.39, 0.29) is 17.0 Å². The highest BCUT2D eigenvalue weighted by Gasteiger charge is 2.39. The number of aliphatic hydroxyl groups is 1. The SMILES string of the molecule is CCCCCCCCCCCCCCCCCC[C@H](C)[C@H](CCCCCCCCCCCCCCCC[C@H](C)C1C[C@H]1CCCCCCCCCCCCCCCCCC[C@@H](O)[C@@H](CCCCCCCCCCCCCCCCCCCCCCCCSC(C)=O)C(=O)OC)OC. The number of methoxy groups -OCH3 is 2. The van der Waals surface area contributed by atoms with Gasteiger partial charge in [0.15, 0.2) is 5.12 Å². The molecule has 5 nitrogen and oxygen atoms in total. The molecule has 1 N–H and O–H groups in total. The van der Waals surface area contributed by atoms with E-state index in [0.29, 0.717) is 12.0 Å². The zero-order chi connectivity index (χ0) is 70.1. The lowest BCUT2D eigenvalue weighted by molar-refractivity contribution is -0.150. The minimum Gasteiger partial charge on any atom is -0.469 e. The largest absolute Gasteiger partial charge is 0.469 e. The van der Waals surface area contributed by atoms with Gasteiger partial charge >= 0.3 is 5.97 Å². The van der Waals surface area contributed by atoms with Crippen molar-refractivity contribution in [2.45, 2.75) is 521 Å². The lowest BCUT2D eigenvalue weighted by Gasteiger charge is -2.22. The van der Waals surface area contributed by atoms with Crippen LogP contribution in [0.5, 0.6) is 0 Å². The molecule has 1 saturated carbocycles. The number of aliphatic hydroxyl groups excluding tert-OH is 1. The molecule has 0 amide bonds. The van der Waals surface area contributed by atoms with Gasteiger partial charge in [-0.1, -0.05) is 476 Å². The number of hydrogen-bond donors (Lipinski definition) is 1. The summed E-state index contributed by atoms with van der Waals surface area (Å²) in [6.45, 7) is 9.01. The molecule has 97 heavy (non-hydrogen) atoms. The zero-order valence-corrected chi connectivity index (χ0v) is 68.1. The molecule has 0 spiro atoms. The molecule has 1 rings (SSSR count). The van der Waals surface area contributed by atoms with E-state index < -0.39 is 6.10 Å². The molecule has 0 saturated heterocycles. The molecule has 1 aliphatic carbocycles. The van der Waals surface area contributed by atoms with Crippen LogP contribution in [-0.4, -0.2) is 48.4 Å². The van der Waals surface area contributed by atoms with E-state index in [1.165, 1.54) is 462 Å². The number of hydrogen-bond acceptors (Lipinski definition) is 6. The Labute approximate surface area is 614 Å². The van der Waals surface area contributed by atoms with Gasteiger partial charge in [-0.05, 0) is 62.2 Å². The first-order chi connectivity index (χ1) is 47.7. The van der Waals surface area contributed by atoms with Crippen LogP contribution in [0.25, 0.3) is 0 Å². The van der Waals surface area contributed by atoms with Crippen LogP contribution in [0.4, 0.5) is 0 Å². The first-order valence-corrected chi connectivity index (χ1v) is 46.2. The Balaban J connectivity index is 1.80. The van der Waals surface area contributed by atoms with Gasteiger partial charge in [0.2, 0.25) is 0 Å². The van der Waals surface area contributed by atoms with Crippen LogP contribution in [0.3, 0.4) is 0 Å². The van der Waals surface area contributed by atoms with Gasteiger partial charge in [-0.25, -0.2) is 0 Å². The van der Waals surface area contributed by atoms with Crippen LogP contribution in [0.1, 0.15) is 509 Å². The highest BCUT2D eigenvalue weighted by atomic mass is 32.2. The monoisotopic (exact) mass is 1380 g/mol. The molecule has 1 fully saturated rings. The summed E-state index contributed by atoms with van der Waals surface area (Å²) >= 11 is 1.48. The Morgan fingerprint density at radius 2 is 0.619 bits per heavy atom. The molecule has 0 heterocycles. The van der Waals surface area contributed by atoms with Gasteiger partial charge in [-0.15, -0.1) is 0 Å². The van der Waals surface area contributed by atoms with E-state index in [9.17, 15) is 14.7 Å². The van der Waals surface area contributed by atoms with Gasteiger partial charge in [-0.3, -0.25) is 9.59 Å². The molecule has 0 aliphatic heterocycles. The number of ether oxygens (including phenoxy) is 2. The predicted octanol–water partition coefficient (Wildman–Crippen LogP) is 31.2. The van der Waals surface area contributed by atoms with Gasteiger partial charge in [0, 0.05) is 19.8 Å². The molecular weight excluding hydrogens is 1210 g/mol. The standard InChI is InChI=1S/C91H178O5S/c1-7-8-9-10-11-12-13-14-15-26-34-41-48-55-62-69-76-84(3)90(95-5)80-73-66-59-52-45-38-31-30-33-40-47-54-61-68-75-83(2)88-82-86(88)77-70-63-56-49-42-35-27-23-24-29-37-44-51-58-65-72-79-89(93)87(91(94)96-6)78-71-64-57-50-43-36-28-22-20-18-16-17-19-21-25-32-39-46-53-60-67-74-81-97-85(4)92/h83-84,86-90,93H,7-82H2,1-6H3/t83-,84-,86+,87+,88?,89+,90-/m0/s1. The summed E-state index contributed by atoms with van der Waals surface area (Å²) in [5.41, 5.74) is 0. The third-order valence-electron chi connectivity index (χ3n) is 23.6. The van der Waals surface area contributed by atoms with Crippen molar-refractivity contribution in [1.29, 1.82) is 0 Å². The molecule has 1 aliphatic rings. The fourth-order valence-electron chi connectivity index (χ4n) is 16.6. The first-order valence-electron chi connectivity index (χ1n) is 45.2. The second-order valence-corrected chi connectivity index (χ2v) is 34.1. The van der Waals surface area contributed by atoms with Crippen LogP contribution in [0.2, 0.25) is 0 Å². The smallest absolute Gasteiger partial charge is 0.311 e. The highest BCUT2D eigenvalue weighted by molar-refractivity contribution is 8.13. The molecule has 7 atom stereocenters. The number of esters is 1. The number of thioether (sulfide) groups is 1. The van der Waals surface area contributed by atoms with Crippen molar-refractivity contribution in [3.05, 3.63) is 0 Å². The molecule has 0 aromatic carbocycles. The fraction of sp³-hybridized carbons (Fsp3) is 0.978. The Bertz CT molecular complexity index is 1550. The quantitative estimate of drug-likeness (QED) is 0.0483. The van der Waals surface area contributed by atoms with Gasteiger partial charge in [0.05, 0.1) is 25.2 Å². The van der Waals surface area contributed by atoms with Crippen molar-refractivity contribution in [2.24, 2.45) is 29.6 Å². The molecule has 6 heteroatoms. The fourth-order valence-corrected chi connectivity index (χ4v) is 17.2. The van der Waals surface area contributed by atoms with Gasteiger partial charge in [0.25, 0.3) is 0 Å². The molecule has 1 unspecified atom stereocenters. The van der Waals surface area contributed by atoms with Crippen molar-refractivity contribution in [2.75, 3.05) is 20.0 Å². The minimum atomic E-state index is -0.562. The Hall–Kier alpha value is -0.590. The summed E-state index contributed by atoms with van der Waals surface area (Å²) in [6.07, 6.45) is 103. The van der Waals surface area contributed by atoms with E-state index in [1.807, 2.05) is 7.11 Å². The van der Waals surface area contributed by atoms with E-state index in [1.54, 1.807) is 6.92 Å². The second kappa shape index (κ2) is 76.5. The Kier molecular flexibility index (Phi) is 74.5. The topological polar surface area (TPSA) is 72.8 Å². The summed E-state index contributed by atoms with van der Waals surface area (Å²) in [4.78, 5) is 23.6. The van der Waals surface area contributed by atoms with Gasteiger partial charge in [-0.2, -0.15) is 0 Å². The number of rotatable bonds is 83. The maximum absolute atomic E-state index is 12.6.